The average molecular weight is 388 g/mol. The largest absolute Gasteiger partial charge is 0.384 e. The van der Waals surface area contributed by atoms with Gasteiger partial charge in [-0.25, -0.2) is 0 Å². The Bertz CT molecular complexity index is 916. The van der Waals surface area contributed by atoms with Crippen molar-refractivity contribution in [1.82, 2.24) is 4.90 Å². The van der Waals surface area contributed by atoms with E-state index in [1.54, 1.807) is 0 Å². The summed E-state index contributed by atoms with van der Waals surface area (Å²) >= 11 is 0. The molecule has 0 aromatic heterocycles. The number of aliphatic hydroxyl groups excluding tert-OH is 1. The van der Waals surface area contributed by atoms with Crippen LogP contribution in [0.3, 0.4) is 0 Å². The molecular weight excluding hydrogens is 358 g/mol. The molecule has 3 nitrogen and oxygen atoms in total. The molecule has 1 aliphatic rings. The van der Waals surface area contributed by atoms with Gasteiger partial charge in [0, 0.05) is 19.6 Å². The topological polar surface area (TPSA) is 32.7 Å². The summed E-state index contributed by atoms with van der Waals surface area (Å²) in [5, 5.41) is 10.9. The lowest BCUT2D eigenvalue weighted by molar-refractivity contribution is -0.0329. The van der Waals surface area contributed by atoms with E-state index < -0.39 is 6.10 Å². The lowest BCUT2D eigenvalue weighted by Gasteiger charge is -2.33. The number of aryl methyl sites for hydroxylation is 2. The highest BCUT2D eigenvalue weighted by molar-refractivity contribution is 5.41. The molecule has 0 bridgehead atoms. The Kier molecular flexibility index (Phi) is 6.10. The van der Waals surface area contributed by atoms with Gasteiger partial charge >= 0.3 is 0 Å². The number of hydrogen-bond donors (Lipinski definition) is 1. The molecule has 3 aromatic rings. The lowest BCUT2D eigenvalue weighted by Crippen LogP contribution is -2.37. The Morgan fingerprint density at radius 3 is 2.31 bits per heavy atom. The van der Waals surface area contributed by atoms with Gasteiger partial charge in [0.15, 0.2) is 0 Å². The van der Waals surface area contributed by atoms with Crippen LogP contribution in [0.25, 0.3) is 0 Å². The van der Waals surface area contributed by atoms with Crippen LogP contribution in [-0.2, 0) is 11.3 Å². The van der Waals surface area contributed by atoms with Crippen molar-refractivity contribution in [2.75, 3.05) is 19.7 Å². The number of hydrogen-bond acceptors (Lipinski definition) is 3. The first-order valence-corrected chi connectivity index (χ1v) is 10.3. The summed E-state index contributed by atoms with van der Waals surface area (Å²) < 4.78 is 6.05. The molecule has 150 valence electrons. The highest BCUT2D eigenvalue weighted by atomic mass is 16.5. The molecule has 0 aliphatic carbocycles. The van der Waals surface area contributed by atoms with E-state index in [1.165, 1.54) is 11.1 Å². The summed E-state index contributed by atoms with van der Waals surface area (Å²) in [6, 6.07) is 25.0. The van der Waals surface area contributed by atoms with E-state index in [1.807, 2.05) is 18.2 Å². The Balaban J connectivity index is 1.46. The van der Waals surface area contributed by atoms with Gasteiger partial charge in [-0.3, -0.25) is 4.90 Å². The minimum Gasteiger partial charge on any atom is -0.384 e. The van der Waals surface area contributed by atoms with E-state index in [-0.39, 0.29) is 6.10 Å². The smallest absolute Gasteiger partial charge is 0.105 e. The summed E-state index contributed by atoms with van der Waals surface area (Å²) in [5.74, 6) is 0. The number of ether oxygens (including phenoxy) is 1. The molecule has 1 saturated heterocycles. The molecule has 3 aromatic carbocycles. The number of nitrogens with zero attached hydrogens (tertiary/aromatic N) is 1. The van der Waals surface area contributed by atoms with Crippen LogP contribution in [0.5, 0.6) is 0 Å². The summed E-state index contributed by atoms with van der Waals surface area (Å²) in [7, 11) is 0. The van der Waals surface area contributed by atoms with Crippen molar-refractivity contribution in [3.05, 3.63) is 106 Å². The van der Waals surface area contributed by atoms with Crippen LogP contribution in [-0.4, -0.2) is 29.7 Å². The lowest BCUT2D eigenvalue weighted by atomic mass is 9.92. The fourth-order valence-corrected chi connectivity index (χ4v) is 4.21. The Hall–Kier alpha value is -2.46. The second-order valence-electron chi connectivity index (χ2n) is 7.95. The molecule has 1 N–H and O–H groups in total. The minimum absolute atomic E-state index is 0.0684. The third-order valence-corrected chi connectivity index (χ3v) is 5.84. The molecule has 4 rings (SSSR count). The van der Waals surface area contributed by atoms with Crippen LogP contribution in [0.2, 0.25) is 0 Å². The maximum absolute atomic E-state index is 10.9. The molecule has 0 radical (unpaired) electrons. The molecular formula is C26H29NO2. The van der Waals surface area contributed by atoms with Crippen LogP contribution in [0.1, 0.15) is 45.6 Å². The van der Waals surface area contributed by atoms with Crippen molar-refractivity contribution >= 4 is 0 Å². The van der Waals surface area contributed by atoms with Crippen LogP contribution >= 0.6 is 0 Å². The van der Waals surface area contributed by atoms with Gasteiger partial charge < -0.3 is 9.84 Å². The van der Waals surface area contributed by atoms with Gasteiger partial charge in [0.05, 0.1) is 12.7 Å². The summed E-state index contributed by atoms with van der Waals surface area (Å²) in [6.45, 7) is 7.63. The molecule has 0 saturated carbocycles. The quantitative estimate of drug-likeness (QED) is 0.672. The van der Waals surface area contributed by atoms with Gasteiger partial charge in [-0.05, 0) is 47.2 Å². The van der Waals surface area contributed by atoms with Crippen molar-refractivity contribution in [3.8, 4) is 0 Å². The van der Waals surface area contributed by atoms with E-state index in [0.29, 0.717) is 0 Å². The van der Waals surface area contributed by atoms with Gasteiger partial charge in [0.25, 0.3) is 0 Å². The van der Waals surface area contributed by atoms with Crippen LogP contribution in [0.15, 0.2) is 72.8 Å². The van der Waals surface area contributed by atoms with Crippen LogP contribution in [0, 0.1) is 13.8 Å². The molecule has 3 heteroatoms. The molecule has 0 spiro atoms. The standard InChI is InChI=1S/C26H29NO2/c1-19-7-6-8-20(2)25(19)26(28)23-13-11-22(12-14-23)24-18-27(15-16-29-24)17-21-9-4-3-5-10-21/h3-14,24,26,28H,15-18H2,1-2H3. The van der Waals surface area contributed by atoms with Crippen molar-refractivity contribution in [3.63, 3.8) is 0 Å². The van der Waals surface area contributed by atoms with E-state index in [2.05, 4.69) is 73.3 Å². The zero-order valence-corrected chi connectivity index (χ0v) is 17.2. The molecule has 2 atom stereocenters. The molecule has 1 heterocycles. The van der Waals surface area contributed by atoms with E-state index in [9.17, 15) is 5.11 Å². The van der Waals surface area contributed by atoms with Crippen molar-refractivity contribution < 1.29 is 9.84 Å². The summed E-state index contributed by atoms with van der Waals surface area (Å²) in [5.41, 5.74) is 6.66. The van der Waals surface area contributed by atoms with Crippen LogP contribution in [0.4, 0.5) is 0 Å². The SMILES string of the molecule is Cc1cccc(C)c1C(O)c1ccc(C2CN(Cc3ccccc3)CCO2)cc1. The highest BCUT2D eigenvalue weighted by Gasteiger charge is 2.23. The number of benzene rings is 3. The fourth-order valence-electron chi connectivity index (χ4n) is 4.21. The first kappa shape index (κ1) is 19.8. The fraction of sp³-hybridized carbons (Fsp3) is 0.308. The van der Waals surface area contributed by atoms with Crippen molar-refractivity contribution in [1.29, 1.82) is 0 Å². The molecule has 0 amide bonds. The van der Waals surface area contributed by atoms with Gasteiger partial charge in [0.1, 0.15) is 6.10 Å². The van der Waals surface area contributed by atoms with E-state index in [4.69, 9.17) is 4.74 Å². The minimum atomic E-state index is -0.605. The first-order chi connectivity index (χ1) is 14.1. The monoisotopic (exact) mass is 387 g/mol. The summed E-state index contributed by atoms with van der Waals surface area (Å²) in [4.78, 5) is 2.45. The highest BCUT2D eigenvalue weighted by Crippen LogP contribution is 2.30. The van der Waals surface area contributed by atoms with Crippen molar-refractivity contribution in [2.24, 2.45) is 0 Å². The third kappa shape index (κ3) is 4.59. The van der Waals surface area contributed by atoms with Gasteiger partial charge in [0.2, 0.25) is 0 Å². The maximum Gasteiger partial charge on any atom is 0.105 e. The molecule has 2 unspecified atom stereocenters. The molecule has 1 aliphatic heterocycles. The summed E-state index contributed by atoms with van der Waals surface area (Å²) in [6.07, 6.45) is -0.536. The number of rotatable bonds is 5. The Morgan fingerprint density at radius 2 is 1.62 bits per heavy atom. The van der Waals surface area contributed by atoms with Gasteiger partial charge in [-0.1, -0.05) is 72.8 Å². The second kappa shape index (κ2) is 8.91. The normalized spacial score (nSPS) is 18.5. The molecule has 29 heavy (non-hydrogen) atoms. The second-order valence-corrected chi connectivity index (χ2v) is 7.95. The number of morpholine rings is 1. The Morgan fingerprint density at radius 1 is 0.931 bits per heavy atom. The van der Waals surface area contributed by atoms with E-state index in [0.717, 1.165) is 48.5 Å². The zero-order valence-electron chi connectivity index (χ0n) is 17.2. The van der Waals surface area contributed by atoms with Gasteiger partial charge in [-0.15, -0.1) is 0 Å². The van der Waals surface area contributed by atoms with Crippen molar-refractivity contribution in [2.45, 2.75) is 32.6 Å². The maximum atomic E-state index is 10.9. The van der Waals surface area contributed by atoms with E-state index >= 15 is 0 Å². The third-order valence-electron chi connectivity index (χ3n) is 5.84. The van der Waals surface area contributed by atoms with Gasteiger partial charge in [-0.2, -0.15) is 0 Å². The first-order valence-electron chi connectivity index (χ1n) is 10.3. The zero-order chi connectivity index (χ0) is 20.2. The predicted octanol–water partition coefficient (Wildman–Crippen LogP) is 4.96. The number of aliphatic hydroxyl groups is 1. The average Bonchev–Trinajstić information content (AvgIpc) is 2.74. The predicted molar refractivity (Wildman–Crippen MR) is 117 cm³/mol. The van der Waals surface area contributed by atoms with Crippen LogP contribution < -0.4 is 0 Å². The molecule has 1 fully saturated rings. The Labute approximate surface area is 173 Å².